The van der Waals surface area contributed by atoms with Gasteiger partial charge in [0.1, 0.15) is 18.2 Å². The number of ether oxygens (including phenoxy) is 2. The number of hydrogen-bond donors (Lipinski definition) is 3. The minimum absolute atomic E-state index is 0.0128. The van der Waals surface area contributed by atoms with Crippen molar-refractivity contribution in [2.75, 3.05) is 20.8 Å². The number of tetrazole rings is 1. The highest BCUT2D eigenvalue weighted by Crippen LogP contribution is 2.23. The normalized spacial score (nSPS) is 11.4. The molecule has 3 amide bonds. The molecule has 1 unspecified atom stereocenters. The molecular weight excluding hydrogens is 526 g/mol. The number of likely N-dealkylation sites (N-methyl/N-ethyl adjacent to an activating group) is 1. The molecule has 0 aliphatic carbocycles. The molecule has 1 atom stereocenters. The maximum atomic E-state index is 14.5. The minimum Gasteiger partial charge on any atom is -0.481 e. The van der Waals surface area contributed by atoms with Crippen molar-refractivity contribution in [3.8, 4) is 17.3 Å². The van der Waals surface area contributed by atoms with E-state index in [9.17, 15) is 28.0 Å². The second kappa shape index (κ2) is 12.3. The Morgan fingerprint density at radius 1 is 1.21 bits per heavy atom. The number of aromatic nitrogens is 5. The number of nitrogens with zero attached hydrogens (tertiary/aromatic N) is 6. The summed E-state index contributed by atoms with van der Waals surface area (Å²) in [4.78, 5) is 52.3. The lowest BCUT2D eigenvalue weighted by Crippen LogP contribution is -2.50. The van der Waals surface area contributed by atoms with E-state index in [1.54, 1.807) is 12.1 Å². The summed E-state index contributed by atoms with van der Waals surface area (Å²) < 4.78 is 38.8. The SMILES string of the molecule is COc1cc(CNC(=O)c2cc(-c3nnn(CCOC(=O)N(C)C(C(N)=O)C(=O)O)n3)c(F)cc2F)ccn1. The van der Waals surface area contributed by atoms with Gasteiger partial charge in [-0.25, -0.2) is 23.4 Å². The third-order valence-corrected chi connectivity index (χ3v) is 5.15. The summed E-state index contributed by atoms with van der Waals surface area (Å²) in [6, 6.07) is 2.70. The number of carbonyl (C=O) groups is 4. The quantitative estimate of drug-likeness (QED) is 0.271. The van der Waals surface area contributed by atoms with Crippen LogP contribution in [0.5, 0.6) is 5.88 Å². The Morgan fingerprint density at radius 2 is 1.95 bits per heavy atom. The number of benzene rings is 1. The molecule has 2 heterocycles. The van der Waals surface area contributed by atoms with Crippen LogP contribution in [0.1, 0.15) is 15.9 Å². The number of primary amides is 1. The molecule has 0 aliphatic rings. The third kappa shape index (κ3) is 6.96. The Morgan fingerprint density at radius 3 is 2.62 bits per heavy atom. The van der Waals surface area contributed by atoms with Crippen molar-refractivity contribution in [1.82, 2.24) is 35.4 Å². The lowest BCUT2D eigenvalue weighted by Gasteiger charge is -2.21. The summed E-state index contributed by atoms with van der Waals surface area (Å²) in [5.74, 6) is -5.87. The Bertz CT molecular complexity index is 1390. The van der Waals surface area contributed by atoms with Crippen molar-refractivity contribution in [2.24, 2.45) is 5.73 Å². The van der Waals surface area contributed by atoms with Gasteiger partial charge in [0.25, 0.3) is 11.8 Å². The number of aliphatic carboxylic acids is 1. The van der Waals surface area contributed by atoms with E-state index in [1.807, 2.05) is 0 Å². The zero-order valence-corrected chi connectivity index (χ0v) is 20.5. The van der Waals surface area contributed by atoms with Crippen LogP contribution in [0.2, 0.25) is 0 Å². The van der Waals surface area contributed by atoms with Crippen LogP contribution < -0.4 is 15.8 Å². The number of hydrogen-bond acceptors (Lipinski definition) is 10. The zero-order chi connectivity index (χ0) is 28.7. The van der Waals surface area contributed by atoms with Gasteiger partial charge in [0.2, 0.25) is 17.7 Å². The monoisotopic (exact) mass is 548 g/mol. The smallest absolute Gasteiger partial charge is 0.410 e. The predicted octanol–water partition coefficient (Wildman–Crippen LogP) is -0.0412. The van der Waals surface area contributed by atoms with E-state index in [2.05, 4.69) is 25.7 Å². The van der Waals surface area contributed by atoms with Crippen molar-refractivity contribution < 1.29 is 42.5 Å². The van der Waals surface area contributed by atoms with Gasteiger partial charge < -0.3 is 25.6 Å². The number of carboxylic acid groups (broad SMARTS) is 1. The number of methoxy groups -OCH3 is 1. The number of halogens is 2. The molecule has 0 saturated carbocycles. The minimum atomic E-state index is -1.94. The number of amides is 3. The topological polar surface area (TPSA) is 205 Å². The summed E-state index contributed by atoms with van der Waals surface area (Å²) >= 11 is 0. The molecule has 17 heteroatoms. The number of rotatable bonds is 11. The maximum Gasteiger partial charge on any atom is 0.410 e. The molecule has 3 rings (SSSR count). The standard InChI is InChI=1S/C22H22F2N8O7/c1-31(17(18(25)33)21(35)36)22(37)39-6-5-32-29-19(28-30-32)12-8-13(15(24)9-14(12)23)20(34)27-10-11-3-4-26-16(7-11)38-2/h3-4,7-9,17H,5-6,10H2,1-2H3,(H2,25,33)(H,27,34)(H,35,36). The van der Waals surface area contributed by atoms with Crippen LogP contribution in [0.4, 0.5) is 13.6 Å². The number of carbonyl (C=O) groups excluding carboxylic acids is 3. The van der Waals surface area contributed by atoms with Crippen LogP contribution in [0.25, 0.3) is 11.4 Å². The van der Waals surface area contributed by atoms with Crippen molar-refractivity contribution >= 4 is 23.9 Å². The average molecular weight is 548 g/mol. The second-order valence-electron chi connectivity index (χ2n) is 7.78. The van der Waals surface area contributed by atoms with Crippen LogP contribution in [-0.2, 0) is 27.4 Å². The highest BCUT2D eigenvalue weighted by atomic mass is 19.1. The highest BCUT2D eigenvalue weighted by molar-refractivity contribution is 6.02. The first kappa shape index (κ1) is 28.4. The van der Waals surface area contributed by atoms with Gasteiger partial charge in [0.15, 0.2) is 0 Å². The fourth-order valence-electron chi connectivity index (χ4n) is 3.19. The van der Waals surface area contributed by atoms with Crippen molar-refractivity contribution in [3.63, 3.8) is 0 Å². The summed E-state index contributed by atoms with van der Waals surface area (Å²) in [6.07, 6.45) is 0.311. The number of nitrogens with one attached hydrogen (secondary N) is 1. The van der Waals surface area contributed by atoms with Gasteiger partial charge in [-0.15, -0.1) is 10.2 Å². The third-order valence-electron chi connectivity index (χ3n) is 5.15. The molecule has 39 heavy (non-hydrogen) atoms. The molecule has 1 aromatic carbocycles. The first-order valence-corrected chi connectivity index (χ1v) is 11.0. The fourth-order valence-corrected chi connectivity index (χ4v) is 3.19. The van der Waals surface area contributed by atoms with Crippen molar-refractivity contribution in [2.45, 2.75) is 19.1 Å². The van der Waals surface area contributed by atoms with E-state index in [4.69, 9.17) is 20.3 Å². The van der Waals surface area contributed by atoms with E-state index in [0.717, 1.165) is 17.9 Å². The fraction of sp³-hybridized carbons (Fsp3) is 0.273. The first-order chi connectivity index (χ1) is 18.5. The summed E-state index contributed by atoms with van der Waals surface area (Å²) in [5, 5.41) is 22.8. The molecule has 15 nitrogen and oxygen atoms in total. The van der Waals surface area contributed by atoms with Crippen LogP contribution in [0.3, 0.4) is 0 Å². The van der Waals surface area contributed by atoms with Gasteiger partial charge in [-0.05, 0) is 22.9 Å². The molecule has 0 bridgehead atoms. The number of nitrogens with two attached hydrogens (primary N) is 1. The maximum absolute atomic E-state index is 14.5. The Kier molecular flexibility index (Phi) is 8.98. The van der Waals surface area contributed by atoms with Crippen LogP contribution in [0.15, 0.2) is 30.5 Å². The van der Waals surface area contributed by atoms with Gasteiger partial charge >= 0.3 is 12.1 Å². The first-order valence-electron chi connectivity index (χ1n) is 11.0. The Labute approximate surface area is 218 Å². The number of carboxylic acids is 1. The molecular formula is C22H22F2N8O7. The summed E-state index contributed by atoms with van der Waals surface area (Å²) in [7, 11) is 2.44. The number of pyridine rings is 1. The van der Waals surface area contributed by atoms with Crippen LogP contribution >= 0.6 is 0 Å². The van der Waals surface area contributed by atoms with Crippen LogP contribution in [-0.4, -0.2) is 85.9 Å². The van der Waals surface area contributed by atoms with E-state index in [-0.39, 0.29) is 31.1 Å². The average Bonchev–Trinajstić information content (AvgIpc) is 3.35. The molecule has 0 saturated heterocycles. The molecule has 2 aromatic heterocycles. The summed E-state index contributed by atoms with van der Waals surface area (Å²) in [6.45, 7) is -0.575. The van der Waals surface area contributed by atoms with Gasteiger partial charge in [0, 0.05) is 31.9 Å². The van der Waals surface area contributed by atoms with Crippen molar-refractivity contribution in [1.29, 1.82) is 0 Å². The Hall–Kier alpha value is -5.22. The second-order valence-corrected chi connectivity index (χ2v) is 7.78. The lowest BCUT2D eigenvalue weighted by molar-refractivity contribution is -0.146. The zero-order valence-electron chi connectivity index (χ0n) is 20.5. The van der Waals surface area contributed by atoms with Gasteiger partial charge in [0.05, 0.1) is 24.8 Å². The molecule has 0 fully saturated rings. The molecule has 206 valence electrons. The van der Waals surface area contributed by atoms with Gasteiger partial charge in [-0.3, -0.25) is 14.5 Å². The van der Waals surface area contributed by atoms with E-state index in [1.165, 1.54) is 13.3 Å². The molecule has 0 radical (unpaired) electrons. The lowest BCUT2D eigenvalue weighted by atomic mass is 10.1. The molecule has 3 aromatic rings. The van der Waals surface area contributed by atoms with Gasteiger partial charge in [-0.1, -0.05) is 0 Å². The summed E-state index contributed by atoms with van der Waals surface area (Å²) in [5.41, 5.74) is 4.81. The molecule has 0 aliphatic heterocycles. The van der Waals surface area contributed by atoms with E-state index >= 15 is 0 Å². The predicted molar refractivity (Wildman–Crippen MR) is 125 cm³/mol. The molecule has 4 N–H and O–H groups in total. The molecule has 0 spiro atoms. The van der Waals surface area contributed by atoms with E-state index in [0.29, 0.717) is 22.4 Å². The van der Waals surface area contributed by atoms with Crippen molar-refractivity contribution in [3.05, 3.63) is 53.2 Å². The highest BCUT2D eigenvalue weighted by Gasteiger charge is 2.32. The van der Waals surface area contributed by atoms with Gasteiger partial charge in [-0.2, -0.15) is 4.80 Å². The van der Waals surface area contributed by atoms with E-state index < -0.39 is 47.1 Å². The largest absolute Gasteiger partial charge is 0.481 e. The van der Waals surface area contributed by atoms with Crippen LogP contribution in [0, 0.1) is 11.6 Å². The Balaban J connectivity index is 1.65.